The Balaban J connectivity index is 1.20. The van der Waals surface area contributed by atoms with E-state index in [2.05, 4.69) is 39.1 Å². The normalized spacial score (nSPS) is 31.1. The molecule has 4 aliphatic carbocycles. The maximum Gasteiger partial charge on any atom is 0.306 e. The Labute approximate surface area is 294 Å². The van der Waals surface area contributed by atoms with Crippen molar-refractivity contribution in [1.82, 2.24) is 10.2 Å². The molecule has 7 unspecified atom stereocenters. The number of nitrogens with zero attached hydrogens (tertiary/aromatic N) is 1. The summed E-state index contributed by atoms with van der Waals surface area (Å²) in [5.74, 6) is 4.24. The van der Waals surface area contributed by atoms with E-state index >= 15 is 0 Å². The maximum atomic E-state index is 13.0. The maximum absolute atomic E-state index is 13.0. The van der Waals surface area contributed by atoms with Gasteiger partial charge in [0.1, 0.15) is 6.10 Å². The van der Waals surface area contributed by atoms with Crippen LogP contribution in [0.25, 0.3) is 0 Å². The van der Waals surface area contributed by atoms with Crippen molar-refractivity contribution in [1.29, 1.82) is 0 Å². The number of allylic oxidation sites excluding steroid dienone is 1. The molecule has 3 fully saturated rings. The summed E-state index contributed by atoms with van der Waals surface area (Å²) < 4.78 is 6.07. The predicted molar refractivity (Wildman–Crippen MR) is 198 cm³/mol. The van der Waals surface area contributed by atoms with Crippen LogP contribution >= 0.6 is 0 Å². The average Bonchev–Trinajstić information content (AvgIpc) is 3.40. The summed E-state index contributed by atoms with van der Waals surface area (Å²) in [6.45, 7) is 14.6. The van der Waals surface area contributed by atoms with E-state index in [9.17, 15) is 9.59 Å². The van der Waals surface area contributed by atoms with Gasteiger partial charge >= 0.3 is 5.97 Å². The molecule has 0 radical (unpaired) electrons. The van der Waals surface area contributed by atoms with Gasteiger partial charge in [0.25, 0.3) is 0 Å². The second kappa shape index (κ2) is 19.2. The van der Waals surface area contributed by atoms with Gasteiger partial charge in [-0.3, -0.25) is 9.59 Å². The summed E-state index contributed by atoms with van der Waals surface area (Å²) in [7, 11) is 0. The van der Waals surface area contributed by atoms with E-state index < -0.39 is 0 Å². The summed E-state index contributed by atoms with van der Waals surface area (Å²) >= 11 is 0. The first-order valence-electron chi connectivity index (χ1n) is 20.4. The minimum Gasteiger partial charge on any atom is -0.462 e. The molecule has 3 saturated carbocycles. The lowest BCUT2D eigenvalue weighted by Crippen LogP contribution is -2.50. The second-order valence-corrected chi connectivity index (χ2v) is 17.1. The molecule has 0 aromatic heterocycles. The van der Waals surface area contributed by atoms with Crippen LogP contribution in [0.15, 0.2) is 11.6 Å². The zero-order valence-electron chi connectivity index (χ0n) is 31.5. The Kier molecular flexibility index (Phi) is 15.8. The number of hydrogen-bond acceptors (Lipinski definition) is 6. The third-order valence-electron chi connectivity index (χ3n) is 13.5. The van der Waals surface area contributed by atoms with Gasteiger partial charge in [-0.25, -0.2) is 0 Å². The van der Waals surface area contributed by atoms with Crippen LogP contribution in [-0.4, -0.2) is 62.1 Å². The smallest absolute Gasteiger partial charge is 0.306 e. The molecule has 0 bridgehead atoms. The lowest BCUT2D eigenvalue weighted by atomic mass is 9.47. The summed E-state index contributed by atoms with van der Waals surface area (Å²) in [5, 5.41) is 3.40. The van der Waals surface area contributed by atoms with Crippen molar-refractivity contribution >= 4 is 11.9 Å². The number of nitrogens with one attached hydrogen (secondary N) is 1. The van der Waals surface area contributed by atoms with Gasteiger partial charge in [0, 0.05) is 32.4 Å². The number of fused-ring (bicyclic) bond motifs is 5. The van der Waals surface area contributed by atoms with Crippen molar-refractivity contribution in [3.05, 3.63) is 11.6 Å². The molecule has 4 rings (SSSR count). The van der Waals surface area contributed by atoms with Crippen LogP contribution in [0.1, 0.15) is 150 Å². The van der Waals surface area contributed by atoms with Crippen molar-refractivity contribution < 1.29 is 14.3 Å². The highest BCUT2D eigenvalue weighted by Gasteiger charge is 2.58. The Hall–Kier alpha value is -1.44. The molecule has 1 amide bonds. The van der Waals surface area contributed by atoms with Gasteiger partial charge in [-0.1, -0.05) is 58.6 Å². The molecule has 276 valence electrons. The zero-order chi connectivity index (χ0) is 34.6. The van der Waals surface area contributed by atoms with E-state index in [1.54, 1.807) is 5.57 Å². The number of unbranched alkanes of at least 4 members (excludes halogenated alkanes) is 2. The molecule has 0 saturated heterocycles. The molecule has 0 aromatic carbocycles. The van der Waals surface area contributed by atoms with Crippen molar-refractivity contribution in [2.45, 2.75) is 156 Å². The number of nitrogens with two attached hydrogens (primary N) is 2. The molecule has 7 atom stereocenters. The summed E-state index contributed by atoms with van der Waals surface area (Å²) in [6.07, 6.45) is 23.2. The molecular weight excluding hydrogens is 596 g/mol. The Morgan fingerprint density at radius 1 is 0.896 bits per heavy atom. The first kappa shape index (κ1) is 39.3. The van der Waals surface area contributed by atoms with E-state index in [0.717, 1.165) is 94.2 Å². The topological polar surface area (TPSA) is 111 Å². The minimum atomic E-state index is -0.137. The van der Waals surface area contributed by atoms with Crippen LogP contribution in [0.4, 0.5) is 0 Å². The summed E-state index contributed by atoms with van der Waals surface area (Å²) in [6, 6.07) is 0. The lowest BCUT2D eigenvalue weighted by Gasteiger charge is -2.58. The first-order chi connectivity index (χ1) is 23.1. The number of rotatable bonds is 21. The molecule has 4 aliphatic rings. The van der Waals surface area contributed by atoms with Crippen LogP contribution in [0.5, 0.6) is 0 Å². The molecule has 7 heteroatoms. The van der Waals surface area contributed by atoms with Gasteiger partial charge in [-0.2, -0.15) is 0 Å². The Morgan fingerprint density at radius 2 is 1.67 bits per heavy atom. The zero-order valence-corrected chi connectivity index (χ0v) is 31.5. The molecular formula is C41H74N4O3. The number of carbonyl (C=O) groups is 2. The Bertz CT molecular complexity index is 1030. The van der Waals surface area contributed by atoms with Crippen molar-refractivity contribution in [3.8, 4) is 0 Å². The minimum absolute atomic E-state index is 0.0147. The number of ether oxygens (including phenoxy) is 1. The molecule has 0 aromatic rings. The molecule has 48 heavy (non-hydrogen) atoms. The van der Waals surface area contributed by atoms with Crippen molar-refractivity contribution in [3.63, 3.8) is 0 Å². The number of carbonyl (C=O) groups excluding carboxylic acids is 2. The van der Waals surface area contributed by atoms with Gasteiger partial charge in [0.2, 0.25) is 5.91 Å². The quantitative estimate of drug-likeness (QED) is 0.0654. The second-order valence-electron chi connectivity index (χ2n) is 17.1. The fourth-order valence-electron chi connectivity index (χ4n) is 10.6. The number of esters is 1. The Morgan fingerprint density at radius 3 is 2.44 bits per heavy atom. The van der Waals surface area contributed by atoms with Crippen molar-refractivity contribution in [2.24, 2.45) is 51.9 Å². The van der Waals surface area contributed by atoms with Crippen LogP contribution in [0.3, 0.4) is 0 Å². The average molecular weight is 671 g/mol. The number of amides is 1. The highest BCUT2D eigenvalue weighted by atomic mass is 16.5. The molecule has 0 heterocycles. The van der Waals surface area contributed by atoms with Gasteiger partial charge in [-0.05, 0) is 150 Å². The fourth-order valence-corrected chi connectivity index (χ4v) is 10.6. The van der Waals surface area contributed by atoms with E-state index in [1.165, 1.54) is 57.8 Å². The third-order valence-corrected chi connectivity index (χ3v) is 13.5. The molecule has 5 N–H and O–H groups in total. The van der Waals surface area contributed by atoms with E-state index in [4.69, 9.17) is 16.2 Å². The molecule has 0 aliphatic heterocycles. The largest absolute Gasteiger partial charge is 0.462 e. The molecule has 7 nitrogen and oxygen atoms in total. The highest BCUT2D eigenvalue weighted by Crippen LogP contribution is 2.66. The lowest BCUT2D eigenvalue weighted by molar-refractivity contribution is -0.151. The fraction of sp³-hybridized carbons (Fsp3) is 0.902. The molecule has 0 spiro atoms. The third kappa shape index (κ3) is 10.3. The van der Waals surface area contributed by atoms with Gasteiger partial charge < -0.3 is 26.4 Å². The predicted octanol–water partition coefficient (Wildman–Crippen LogP) is 7.76. The van der Waals surface area contributed by atoms with E-state index in [0.29, 0.717) is 44.3 Å². The summed E-state index contributed by atoms with van der Waals surface area (Å²) in [4.78, 5) is 27.9. The van der Waals surface area contributed by atoms with E-state index in [-0.39, 0.29) is 23.4 Å². The van der Waals surface area contributed by atoms with Crippen LogP contribution < -0.4 is 16.8 Å². The summed E-state index contributed by atoms with van der Waals surface area (Å²) in [5.41, 5.74) is 13.7. The standard InChI is InChI=1S/C41H74N4O3/c1-31(2)12-5-6-13-32-17-19-36-35-18-16-33-30-34(20-22-41(33,4)37(35)21-23-40(32,36)3)48-39(47)15-9-14-38(46)45(29-11-25-43)28-8-7-26-44-27-10-24-42/h16,31-32,34-37,44H,5-15,17-30,42-43H2,1-4H3. The van der Waals surface area contributed by atoms with Crippen LogP contribution in [0.2, 0.25) is 0 Å². The first-order valence-corrected chi connectivity index (χ1v) is 20.4. The van der Waals surface area contributed by atoms with Crippen LogP contribution in [-0.2, 0) is 14.3 Å². The van der Waals surface area contributed by atoms with Gasteiger partial charge in [-0.15, -0.1) is 0 Å². The number of hydrogen-bond donors (Lipinski definition) is 3. The van der Waals surface area contributed by atoms with Gasteiger partial charge in [0.15, 0.2) is 0 Å². The van der Waals surface area contributed by atoms with Crippen molar-refractivity contribution in [2.75, 3.05) is 39.3 Å². The monoisotopic (exact) mass is 671 g/mol. The highest BCUT2D eigenvalue weighted by molar-refractivity contribution is 5.77. The van der Waals surface area contributed by atoms with Gasteiger partial charge in [0.05, 0.1) is 0 Å². The van der Waals surface area contributed by atoms with E-state index in [1.807, 2.05) is 4.90 Å². The SMILES string of the molecule is CC(C)CCCCC1CCC2C3CC=C4CC(OC(=O)CCCC(=O)N(CCCN)CCCCNCCCN)CCC4(C)C3CCC12C. The van der Waals surface area contributed by atoms with Crippen LogP contribution in [0, 0.1) is 40.4 Å².